The molecule has 1 N–H and O–H groups in total. The van der Waals surface area contributed by atoms with Crippen LogP contribution in [-0.2, 0) is 13.0 Å². The summed E-state index contributed by atoms with van der Waals surface area (Å²) in [4.78, 5) is 9.11. The quantitative estimate of drug-likeness (QED) is 0.646. The predicted octanol–water partition coefficient (Wildman–Crippen LogP) is 2.35. The molecule has 0 saturated carbocycles. The molecule has 0 spiro atoms. The van der Waals surface area contributed by atoms with Crippen molar-refractivity contribution in [3.63, 3.8) is 0 Å². The van der Waals surface area contributed by atoms with E-state index in [9.17, 15) is 0 Å². The van der Waals surface area contributed by atoms with Crippen LogP contribution in [-0.4, -0.2) is 56.0 Å². The first-order valence-corrected chi connectivity index (χ1v) is 8.45. The summed E-state index contributed by atoms with van der Waals surface area (Å²) in [6.45, 7) is 7.52. The lowest BCUT2D eigenvalue weighted by Gasteiger charge is -2.29. The van der Waals surface area contributed by atoms with Crippen LogP contribution in [0.2, 0.25) is 0 Å². The molecule has 22 heavy (non-hydrogen) atoms. The number of hydrogen-bond acceptors (Lipinski definition) is 2. The Labute approximate surface area is 135 Å². The molecule has 0 fully saturated rings. The van der Waals surface area contributed by atoms with Crippen molar-refractivity contribution >= 4 is 5.96 Å². The summed E-state index contributed by atoms with van der Waals surface area (Å²) in [5, 5.41) is 3.48. The second-order valence-corrected chi connectivity index (χ2v) is 6.04. The van der Waals surface area contributed by atoms with Gasteiger partial charge in [-0.05, 0) is 24.0 Å². The largest absolute Gasteiger partial charge is 0.355 e. The monoisotopic (exact) mass is 302 g/mol. The Morgan fingerprint density at radius 2 is 2.09 bits per heavy atom. The highest BCUT2D eigenvalue weighted by Crippen LogP contribution is 2.17. The number of guanidine groups is 1. The number of nitrogens with one attached hydrogen (secondary N) is 1. The van der Waals surface area contributed by atoms with Crippen molar-refractivity contribution in [2.24, 2.45) is 4.99 Å². The molecule has 0 unspecified atom stereocenters. The van der Waals surface area contributed by atoms with Gasteiger partial charge in [0, 0.05) is 46.8 Å². The van der Waals surface area contributed by atoms with Gasteiger partial charge in [-0.25, -0.2) is 0 Å². The lowest BCUT2D eigenvalue weighted by Crippen LogP contribution is -2.43. The third-order valence-electron chi connectivity index (χ3n) is 4.34. The van der Waals surface area contributed by atoms with E-state index >= 15 is 0 Å². The molecule has 2 rings (SSSR count). The molecule has 0 aromatic heterocycles. The Bertz CT molecular complexity index is 484. The summed E-state index contributed by atoms with van der Waals surface area (Å²) >= 11 is 0. The van der Waals surface area contributed by atoms with Gasteiger partial charge >= 0.3 is 0 Å². The topological polar surface area (TPSA) is 30.9 Å². The Hall–Kier alpha value is -1.55. The first kappa shape index (κ1) is 16.8. The van der Waals surface area contributed by atoms with Crippen LogP contribution in [0.1, 0.15) is 30.9 Å². The third-order valence-corrected chi connectivity index (χ3v) is 4.34. The van der Waals surface area contributed by atoms with Gasteiger partial charge in [0.1, 0.15) is 0 Å². The molecular weight excluding hydrogens is 272 g/mol. The second-order valence-electron chi connectivity index (χ2n) is 6.04. The maximum atomic E-state index is 4.37. The highest BCUT2D eigenvalue weighted by molar-refractivity contribution is 5.79. The number of fused-ring (bicyclic) bond motifs is 1. The summed E-state index contributed by atoms with van der Waals surface area (Å²) in [6, 6.07) is 8.80. The van der Waals surface area contributed by atoms with Crippen LogP contribution in [0.25, 0.3) is 0 Å². The van der Waals surface area contributed by atoms with E-state index in [0.717, 1.165) is 38.7 Å². The maximum Gasteiger partial charge on any atom is 0.193 e. The summed E-state index contributed by atoms with van der Waals surface area (Å²) in [5.74, 6) is 1.01. The van der Waals surface area contributed by atoms with E-state index in [4.69, 9.17) is 0 Å². The Morgan fingerprint density at radius 3 is 2.82 bits per heavy atom. The third kappa shape index (κ3) is 4.73. The Balaban J connectivity index is 1.74. The number of nitrogens with zero attached hydrogens (tertiary/aromatic N) is 3. The van der Waals surface area contributed by atoms with E-state index < -0.39 is 0 Å². The van der Waals surface area contributed by atoms with Gasteiger partial charge in [-0.2, -0.15) is 0 Å². The SMILES string of the molecule is CCCCN(C)C(=NC)NCCN1CCc2ccccc2C1. The smallest absolute Gasteiger partial charge is 0.193 e. The Kier molecular flexibility index (Phi) is 6.72. The lowest BCUT2D eigenvalue weighted by molar-refractivity contribution is 0.257. The van der Waals surface area contributed by atoms with Gasteiger partial charge in [-0.3, -0.25) is 9.89 Å². The number of benzene rings is 1. The van der Waals surface area contributed by atoms with Gasteiger partial charge in [0.05, 0.1) is 0 Å². The fourth-order valence-electron chi connectivity index (χ4n) is 2.96. The second kappa shape index (κ2) is 8.79. The molecule has 0 saturated heterocycles. The standard InChI is InChI=1S/C18H30N4/c1-4-5-12-21(3)18(19-2)20-11-14-22-13-10-16-8-6-7-9-17(16)15-22/h6-9H,4-5,10-15H2,1-3H3,(H,19,20). The fourth-order valence-corrected chi connectivity index (χ4v) is 2.96. The van der Waals surface area contributed by atoms with Crippen molar-refractivity contribution in [1.82, 2.24) is 15.1 Å². The van der Waals surface area contributed by atoms with Gasteiger partial charge in [0.15, 0.2) is 5.96 Å². The molecule has 1 aromatic carbocycles. The molecule has 122 valence electrons. The molecule has 1 aromatic rings. The molecule has 4 nitrogen and oxygen atoms in total. The number of hydrogen-bond donors (Lipinski definition) is 1. The van der Waals surface area contributed by atoms with Crippen molar-refractivity contribution in [3.8, 4) is 0 Å². The average Bonchev–Trinajstić information content (AvgIpc) is 2.56. The molecule has 0 atom stereocenters. The summed E-state index contributed by atoms with van der Waals surface area (Å²) < 4.78 is 0. The minimum atomic E-state index is 0.950. The van der Waals surface area contributed by atoms with E-state index in [0.29, 0.717) is 0 Å². The molecule has 1 aliphatic rings. The molecule has 0 aliphatic carbocycles. The Morgan fingerprint density at radius 1 is 1.32 bits per heavy atom. The van der Waals surface area contributed by atoms with E-state index in [2.05, 4.69) is 58.3 Å². The molecule has 0 amide bonds. The van der Waals surface area contributed by atoms with Crippen molar-refractivity contribution < 1.29 is 0 Å². The van der Waals surface area contributed by atoms with Gasteiger partial charge in [0.2, 0.25) is 0 Å². The van der Waals surface area contributed by atoms with Gasteiger partial charge in [0.25, 0.3) is 0 Å². The predicted molar refractivity (Wildman–Crippen MR) is 94.3 cm³/mol. The highest BCUT2D eigenvalue weighted by Gasteiger charge is 2.15. The van der Waals surface area contributed by atoms with Gasteiger partial charge < -0.3 is 10.2 Å². The first-order chi connectivity index (χ1) is 10.7. The minimum Gasteiger partial charge on any atom is -0.355 e. The van der Waals surface area contributed by atoms with Crippen LogP contribution in [0.4, 0.5) is 0 Å². The fraction of sp³-hybridized carbons (Fsp3) is 0.611. The first-order valence-electron chi connectivity index (χ1n) is 8.45. The average molecular weight is 302 g/mol. The van der Waals surface area contributed by atoms with Crippen molar-refractivity contribution in [3.05, 3.63) is 35.4 Å². The summed E-state index contributed by atoms with van der Waals surface area (Å²) in [5.41, 5.74) is 3.00. The van der Waals surface area contributed by atoms with Crippen LogP contribution < -0.4 is 5.32 Å². The van der Waals surface area contributed by atoms with Gasteiger partial charge in [-0.1, -0.05) is 37.6 Å². The van der Waals surface area contributed by atoms with Crippen LogP contribution in [0.15, 0.2) is 29.3 Å². The van der Waals surface area contributed by atoms with Crippen LogP contribution in [0.3, 0.4) is 0 Å². The molecule has 4 heteroatoms. The molecule has 0 radical (unpaired) electrons. The molecule has 1 heterocycles. The van der Waals surface area contributed by atoms with E-state index in [-0.39, 0.29) is 0 Å². The van der Waals surface area contributed by atoms with Crippen molar-refractivity contribution in [1.29, 1.82) is 0 Å². The zero-order valence-corrected chi connectivity index (χ0v) is 14.3. The van der Waals surface area contributed by atoms with Crippen LogP contribution in [0, 0.1) is 0 Å². The minimum absolute atomic E-state index is 0.950. The van der Waals surface area contributed by atoms with Crippen LogP contribution >= 0.6 is 0 Å². The normalized spacial score (nSPS) is 15.5. The van der Waals surface area contributed by atoms with E-state index in [1.165, 1.54) is 30.4 Å². The number of aliphatic imine (C=N–C) groups is 1. The zero-order valence-electron chi connectivity index (χ0n) is 14.3. The molecule has 1 aliphatic heterocycles. The summed E-state index contributed by atoms with van der Waals surface area (Å²) in [7, 11) is 3.98. The van der Waals surface area contributed by atoms with Crippen LogP contribution in [0.5, 0.6) is 0 Å². The van der Waals surface area contributed by atoms with Gasteiger partial charge in [-0.15, -0.1) is 0 Å². The molecule has 0 bridgehead atoms. The van der Waals surface area contributed by atoms with Crippen molar-refractivity contribution in [2.45, 2.75) is 32.7 Å². The number of rotatable bonds is 6. The maximum absolute atomic E-state index is 4.37. The summed E-state index contributed by atoms with van der Waals surface area (Å²) in [6.07, 6.45) is 3.59. The van der Waals surface area contributed by atoms with E-state index in [1.807, 2.05) is 7.05 Å². The highest BCUT2D eigenvalue weighted by atomic mass is 15.3. The zero-order chi connectivity index (χ0) is 15.8. The lowest BCUT2D eigenvalue weighted by atomic mass is 10.00. The van der Waals surface area contributed by atoms with Crippen molar-refractivity contribution in [2.75, 3.05) is 40.3 Å². The molecular formula is C18H30N4. The number of unbranched alkanes of at least 4 members (excludes halogenated alkanes) is 1. The van der Waals surface area contributed by atoms with E-state index in [1.54, 1.807) is 0 Å².